The molecule has 0 saturated carbocycles. The van der Waals surface area contributed by atoms with Crippen molar-refractivity contribution in [3.05, 3.63) is 12.2 Å². The fourth-order valence-corrected chi connectivity index (χ4v) is 5.47. The quantitative estimate of drug-likeness (QED) is 0.0711. The van der Waals surface area contributed by atoms with Gasteiger partial charge in [0.15, 0.2) is 0 Å². The molecule has 1 nitrogen and oxygen atoms in total. The van der Waals surface area contributed by atoms with Gasteiger partial charge in [0.2, 0.25) is 0 Å². The largest absolute Gasteiger partial charge is 0.393 e. The molecule has 0 heterocycles. The zero-order valence-corrected chi connectivity index (χ0v) is 26.3. The van der Waals surface area contributed by atoms with E-state index >= 15 is 0 Å². The van der Waals surface area contributed by atoms with E-state index in [1.165, 1.54) is 173 Å². The Balaban J connectivity index is 3.19. The summed E-state index contributed by atoms with van der Waals surface area (Å²) in [5.74, 6) is 0.882. The van der Waals surface area contributed by atoms with Crippen molar-refractivity contribution in [1.82, 2.24) is 0 Å². The highest BCUT2D eigenvalue weighted by atomic mass is 16.3. The maximum Gasteiger partial charge on any atom is 0.0540 e. The highest BCUT2D eigenvalue weighted by molar-refractivity contribution is 4.81. The third-order valence-electron chi connectivity index (χ3n) is 8.12. The van der Waals surface area contributed by atoms with Gasteiger partial charge in [0.05, 0.1) is 6.10 Å². The van der Waals surface area contributed by atoms with Gasteiger partial charge < -0.3 is 5.11 Å². The average Bonchev–Trinajstić information content (AvgIpc) is 2.88. The minimum absolute atomic E-state index is 0.0460. The minimum Gasteiger partial charge on any atom is -0.393 e. The Morgan fingerprint density at radius 1 is 0.405 bits per heavy atom. The van der Waals surface area contributed by atoms with Gasteiger partial charge in [-0.2, -0.15) is 0 Å². The zero-order valence-electron chi connectivity index (χ0n) is 26.3. The van der Waals surface area contributed by atoms with Gasteiger partial charge in [0.1, 0.15) is 0 Å². The van der Waals surface area contributed by atoms with Crippen LogP contribution in [0.25, 0.3) is 0 Å². The summed E-state index contributed by atoms with van der Waals surface area (Å²) in [6.45, 7) is 6.96. The number of hydrogen-bond donors (Lipinski definition) is 1. The number of allylic oxidation sites excluding steroid dienone is 2. The lowest BCUT2D eigenvalue weighted by Gasteiger charge is -2.10. The van der Waals surface area contributed by atoms with E-state index in [9.17, 15) is 5.11 Å². The second-order valence-corrected chi connectivity index (χ2v) is 12.6. The summed E-state index contributed by atoms with van der Waals surface area (Å²) in [4.78, 5) is 0. The van der Waals surface area contributed by atoms with Crippen LogP contribution in [-0.4, -0.2) is 11.2 Å². The van der Waals surface area contributed by atoms with Crippen molar-refractivity contribution in [2.24, 2.45) is 5.92 Å². The number of hydrogen-bond acceptors (Lipinski definition) is 1. The predicted octanol–water partition coefficient (Wildman–Crippen LogP) is 12.9. The molecular formula is C36H72O. The van der Waals surface area contributed by atoms with Gasteiger partial charge in [0, 0.05) is 0 Å². The first kappa shape index (κ1) is 36.7. The van der Waals surface area contributed by atoms with Gasteiger partial charge in [-0.15, -0.1) is 0 Å². The van der Waals surface area contributed by atoms with Crippen molar-refractivity contribution in [2.75, 3.05) is 0 Å². The van der Waals surface area contributed by atoms with E-state index in [2.05, 4.69) is 32.9 Å². The normalized spacial score (nSPS) is 12.8. The average molecular weight is 521 g/mol. The molecule has 0 aliphatic carbocycles. The van der Waals surface area contributed by atoms with Crippen LogP contribution >= 0.6 is 0 Å². The van der Waals surface area contributed by atoms with Crippen molar-refractivity contribution < 1.29 is 5.11 Å². The summed E-state index contributed by atoms with van der Waals surface area (Å²) in [6.07, 6.45) is 44.1. The number of aliphatic hydroxyl groups is 1. The standard InChI is InChI=1S/C36H72O/c1-4-5-6-7-8-9-10-11-12-15-18-21-24-27-30-33-36(37)34-31-28-25-22-19-16-13-14-17-20-23-26-29-32-35(2)3/h11-12,35-37H,4-10,13-34H2,1-3H3/b12-11-. The Morgan fingerprint density at radius 2 is 0.703 bits per heavy atom. The molecule has 0 aliphatic rings. The van der Waals surface area contributed by atoms with Crippen molar-refractivity contribution in [2.45, 2.75) is 213 Å². The molecule has 0 aromatic heterocycles. The summed E-state index contributed by atoms with van der Waals surface area (Å²) in [5, 5.41) is 10.3. The smallest absolute Gasteiger partial charge is 0.0540 e. The fourth-order valence-electron chi connectivity index (χ4n) is 5.47. The first-order chi connectivity index (χ1) is 18.2. The summed E-state index contributed by atoms with van der Waals surface area (Å²) in [6, 6.07) is 0. The molecule has 222 valence electrons. The highest BCUT2D eigenvalue weighted by Gasteiger charge is 2.04. The molecule has 0 saturated heterocycles. The minimum atomic E-state index is -0.0460. The maximum absolute atomic E-state index is 10.3. The number of aliphatic hydroxyl groups excluding tert-OH is 1. The van der Waals surface area contributed by atoms with Crippen LogP contribution < -0.4 is 0 Å². The lowest BCUT2D eigenvalue weighted by atomic mass is 10.0. The molecule has 0 bridgehead atoms. The Bertz CT molecular complexity index is 426. The van der Waals surface area contributed by atoms with Crippen LogP contribution in [0.1, 0.15) is 207 Å². The Kier molecular flexibility index (Phi) is 31.7. The second kappa shape index (κ2) is 31.9. The van der Waals surface area contributed by atoms with Gasteiger partial charge in [-0.25, -0.2) is 0 Å². The van der Waals surface area contributed by atoms with E-state index < -0.39 is 0 Å². The van der Waals surface area contributed by atoms with Gasteiger partial charge in [-0.3, -0.25) is 0 Å². The Labute approximate surface area is 236 Å². The SMILES string of the molecule is CCCCCCCC/C=C\CCCCCCCC(O)CCCCCCCCCCCCCCCC(C)C. The Hall–Kier alpha value is -0.300. The second-order valence-electron chi connectivity index (χ2n) is 12.6. The molecule has 0 fully saturated rings. The monoisotopic (exact) mass is 521 g/mol. The van der Waals surface area contributed by atoms with E-state index in [-0.39, 0.29) is 6.10 Å². The van der Waals surface area contributed by atoms with Crippen molar-refractivity contribution >= 4 is 0 Å². The molecule has 0 rings (SSSR count). The fraction of sp³-hybridized carbons (Fsp3) is 0.944. The lowest BCUT2D eigenvalue weighted by Crippen LogP contribution is -2.05. The van der Waals surface area contributed by atoms with Crippen LogP contribution in [0.5, 0.6) is 0 Å². The third kappa shape index (κ3) is 33.7. The first-order valence-corrected chi connectivity index (χ1v) is 17.5. The van der Waals surface area contributed by atoms with E-state index in [1.807, 2.05) is 0 Å². The molecule has 1 N–H and O–H groups in total. The molecule has 1 heteroatoms. The highest BCUT2D eigenvalue weighted by Crippen LogP contribution is 2.16. The molecule has 1 unspecified atom stereocenters. The summed E-state index contributed by atoms with van der Waals surface area (Å²) in [5.41, 5.74) is 0. The van der Waals surface area contributed by atoms with E-state index in [1.54, 1.807) is 0 Å². The van der Waals surface area contributed by atoms with Crippen molar-refractivity contribution in [1.29, 1.82) is 0 Å². The van der Waals surface area contributed by atoms with Crippen LogP contribution in [0.2, 0.25) is 0 Å². The molecule has 0 spiro atoms. The van der Waals surface area contributed by atoms with Gasteiger partial charge in [-0.05, 0) is 44.4 Å². The lowest BCUT2D eigenvalue weighted by molar-refractivity contribution is 0.147. The molecule has 0 aromatic carbocycles. The topological polar surface area (TPSA) is 20.2 Å². The number of unbranched alkanes of at least 4 members (excludes halogenated alkanes) is 23. The third-order valence-corrected chi connectivity index (χ3v) is 8.12. The van der Waals surface area contributed by atoms with Crippen molar-refractivity contribution in [3.63, 3.8) is 0 Å². The van der Waals surface area contributed by atoms with Crippen LogP contribution in [0.4, 0.5) is 0 Å². The number of rotatable bonds is 31. The summed E-state index contributed by atoms with van der Waals surface area (Å²) in [7, 11) is 0. The molecular weight excluding hydrogens is 448 g/mol. The van der Waals surface area contributed by atoms with Gasteiger partial charge in [0.25, 0.3) is 0 Å². The maximum atomic E-state index is 10.3. The van der Waals surface area contributed by atoms with Crippen molar-refractivity contribution in [3.8, 4) is 0 Å². The van der Waals surface area contributed by atoms with Gasteiger partial charge in [-0.1, -0.05) is 181 Å². The van der Waals surface area contributed by atoms with Crippen LogP contribution in [-0.2, 0) is 0 Å². The first-order valence-electron chi connectivity index (χ1n) is 17.5. The summed E-state index contributed by atoms with van der Waals surface area (Å²) < 4.78 is 0. The molecule has 0 aliphatic heterocycles. The van der Waals surface area contributed by atoms with E-state index in [0.717, 1.165) is 18.8 Å². The van der Waals surface area contributed by atoms with Crippen LogP contribution in [0.3, 0.4) is 0 Å². The van der Waals surface area contributed by atoms with E-state index in [0.29, 0.717) is 0 Å². The van der Waals surface area contributed by atoms with Crippen LogP contribution in [0.15, 0.2) is 12.2 Å². The zero-order chi connectivity index (χ0) is 27.1. The summed E-state index contributed by atoms with van der Waals surface area (Å²) >= 11 is 0. The molecule has 0 amide bonds. The molecule has 0 aromatic rings. The Morgan fingerprint density at radius 3 is 1.05 bits per heavy atom. The van der Waals surface area contributed by atoms with E-state index in [4.69, 9.17) is 0 Å². The molecule has 0 radical (unpaired) electrons. The molecule has 1 atom stereocenters. The molecule has 37 heavy (non-hydrogen) atoms. The van der Waals surface area contributed by atoms with Crippen LogP contribution in [0, 0.1) is 5.92 Å². The van der Waals surface area contributed by atoms with Gasteiger partial charge >= 0.3 is 0 Å². The predicted molar refractivity (Wildman–Crippen MR) is 170 cm³/mol.